The molecule has 0 nitrogen and oxygen atoms in total. The molecule has 0 aromatic heterocycles. The van der Waals surface area contributed by atoms with E-state index in [1.807, 2.05) is 53.2 Å². The molecule has 0 aliphatic heterocycles. The molecule has 0 bridgehead atoms. The molecule has 0 unspecified atom stereocenters. The predicted octanol–water partition coefficient (Wildman–Crippen LogP) is 21.0. The van der Waals surface area contributed by atoms with Gasteiger partial charge in [0, 0.05) is 0 Å². The van der Waals surface area contributed by atoms with Crippen LogP contribution in [0.5, 0.6) is 0 Å². The third-order valence-corrected chi connectivity index (χ3v) is 122. The van der Waals surface area contributed by atoms with Crippen LogP contribution >= 0.6 is 0 Å². The average Bonchev–Trinajstić information content (AvgIpc) is 3.22. The van der Waals surface area contributed by atoms with E-state index in [1.54, 1.807) is 77.0 Å². The van der Waals surface area contributed by atoms with Gasteiger partial charge in [-0.1, -0.05) is 0 Å². The van der Waals surface area contributed by atoms with Crippen LogP contribution in [0.3, 0.4) is 0 Å². The molecule has 0 radical (unpaired) electrons. The molecule has 0 saturated carbocycles. The molecule has 344 valence electrons. The van der Waals surface area contributed by atoms with Gasteiger partial charge in [-0.15, -0.1) is 0 Å². The first kappa shape index (κ1) is 60.4. The Morgan fingerprint density at radius 2 is 0.298 bits per heavy atom. The van der Waals surface area contributed by atoms with Gasteiger partial charge in [0.15, 0.2) is 0 Å². The van der Waals surface area contributed by atoms with E-state index in [1.165, 1.54) is 77.0 Å². The fourth-order valence-corrected chi connectivity index (χ4v) is 190. The SMILES string of the molecule is CCC[CH2][Sn]([CH2]CCC)([CH2]CCC)[CH2][Si]([CH2][Sn]([CH2]CCC)([CH2]CCC)[CH2]CCC)([CH2][Sn]([CH2]CCC)([CH2]CCC)[CH2]CCC)[CH2][Sn]([CH2]CCC)([CH2]CCC)[CH2]CCC. The molecule has 5 heteroatoms. The summed E-state index contributed by atoms with van der Waals surface area (Å²) in [6.45, 7) is 30.9. The Bertz CT molecular complexity index is 648. The van der Waals surface area contributed by atoms with Crippen molar-refractivity contribution in [2.24, 2.45) is 0 Å². The van der Waals surface area contributed by atoms with E-state index in [0.717, 1.165) is 0 Å². The molecule has 0 N–H and O–H groups in total. The fourth-order valence-electron chi connectivity index (χ4n) is 12.7. The average molecular weight is 1240 g/mol. The van der Waals surface area contributed by atoms with Crippen LogP contribution < -0.4 is 0 Å². The van der Waals surface area contributed by atoms with Crippen LogP contribution in [0.15, 0.2) is 0 Å². The normalized spacial score (nSPS) is 13.3. The first-order valence-corrected chi connectivity index (χ1v) is 62.7. The van der Waals surface area contributed by atoms with Crippen molar-refractivity contribution >= 4 is 81.6 Å². The van der Waals surface area contributed by atoms with Gasteiger partial charge < -0.3 is 0 Å². The Kier molecular flexibility index (Phi) is 39.9. The molecular formula is C52H116SiSn4. The monoisotopic (exact) mass is 1250 g/mol. The third-order valence-electron chi connectivity index (χ3n) is 15.7. The van der Waals surface area contributed by atoms with Gasteiger partial charge in [-0.25, -0.2) is 0 Å². The summed E-state index contributed by atoms with van der Waals surface area (Å²) in [7, 11) is -1.56. The standard InChI is InChI=1S/C4H8Si.12C4H9.4Sn/c1-5(2,3)4;12*1-3-4-2;;;;/h1-4H2;12*1,3-4H2,2H3;;;;. The van der Waals surface area contributed by atoms with Crippen LogP contribution in [0.1, 0.15) is 237 Å². The van der Waals surface area contributed by atoms with Gasteiger partial charge in [-0.05, 0) is 0 Å². The first-order chi connectivity index (χ1) is 27.6. The van der Waals surface area contributed by atoms with Crippen LogP contribution in [-0.4, -0.2) is 81.6 Å². The van der Waals surface area contributed by atoms with Gasteiger partial charge in [0.25, 0.3) is 0 Å². The van der Waals surface area contributed by atoms with Crippen LogP contribution in [0.25, 0.3) is 0 Å². The molecule has 0 spiro atoms. The van der Waals surface area contributed by atoms with E-state index in [4.69, 9.17) is 0 Å². The quantitative estimate of drug-likeness (QED) is 0.0534. The van der Waals surface area contributed by atoms with Crippen molar-refractivity contribution in [1.29, 1.82) is 0 Å². The van der Waals surface area contributed by atoms with Crippen molar-refractivity contribution in [1.82, 2.24) is 0 Å². The van der Waals surface area contributed by atoms with E-state index in [2.05, 4.69) is 99.3 Å². The zero-order chi connectivity index (χ0) is 42.8. The minimum absolute atomic E-state index is 1.47. The summed E-state index contributed by atoms with van der Waals surface area (Å²) >= 11 is -9.91. The molecule has 0 saturated heterocycles. The Labute approximate surface area is 383 Å². The van der Waals surface area contributed by atoms with Crippen molar-refractivity contribution in [2.75, 3.05) is 0 Å². The third kappa shape index (κ3) is 25.6. The van der Waals surface area contributed by atoms with Gasteiger partial charge in [-0.2, -0.15) is 0 Å². The summed E-state index contributed by atoms with van der Waals surface area (Å²) in [6, 6.07) is 0. The van der Waals surface area contributed by atoms with Crippen LogP contribution in [0.2, 0.25) is 69.5 Å². The molecule has 0 aliphatic rings. The van der Waals surface area contributed by atoms with E-state index in [-0.39, 0.29) is 0 Å². The molecule has 0 amide bonds. The van der Waals surface area contributed by atoms with Crippen LogP contribution in [-0.2, 0) is 0 Å². The zero-order valence-electron chi connectivity index (χ0n) is 42.8. The van der Waals surface area contributed by atoms with Crippen molar-refractivity contribution in [3.8, 4) is 0 Å². The van der Waals surface area contributed by atoms with Crippen LogP contribution in [0.4, 0.5) is 0 Å². The van der Waals surface area contributed by atoms with Gasteiger partial charge in [0.2, 0.25) is 0 Å². The van der Waals surface area contributed by atoms with Gasteiger partial charge >= 0.3 is 388 Å². The molecule has 0 fully saturated rings. The zero-order valence-corrected chi connectivity index (χ0v) is 55.2. The van der Waals surface area contributed by atoms with Crippen molar-refractivity contribution in [3.05, 3.63) is 0 Å². The van der Waals surface area contributed by atoms with E-state index < -0.39 is 81.6 Å². The van der Waals surface area contributed by atoms with Crippen molar-refractivity contribution < 1.29 is 0 Å². The molecule has 0 atom stereocenters. The topological polar surface area (TPSA) is 0 Å². The number of hydrogen-bond donors (Lipinski definition) is 0. The summed E-state index contributed by atoms with van der Waals surface area (Å²) in [5.41, 5.74) is 0. The second kappa shape index (κ2) is 37.6. The minimum atomic E-state index is -2.48. The molecule has 0 aromatic rings. The fraction of sp³-hybridized carbons (Fsp3) is 1.00. The molecule has 0 rings (SSSR count). The molecule has 0 aliphatic carbocycles. The summed E-state index contributed by atoms with van der Waals surface area (Å²) in [5.74, 6) is 0. The molecular weight excluding hydrogens is 1130 g/mol. The summed E-state index contributed by atoms with van der Waals surface area (Å²) in [6.07, 6.45) is 36.9. The second-order valence-electron chi connectivity index (χ2n) is 21.4. The Morgan fingerprint density at radius 1 is 0.193 bits per heavy atom. The maximum atomic E-state index is 2.58. The first-order valence-electron chi connectivity index (χ1n) is 27.6. The van der Waals surface area contributed by atoms with Crippen molar-refractivity contribution in [2.45, 2.75) is 307 Å². The molecule has 57 heavy (non-hydrogen) atoms. The van der Waals surface area contributed by atoms with Gasteiger partial charge in [0.05, 0.1) is 0 Å². The summed E-state index contributed by atoms with van der Waals surface area (Å²) in [4.78, 5) is 0. The number of rotatable bonds is 44. The maximum absolute atomic E-state index is 2.58. The van der Waals surface area contributed by atoms with E-state index >= 15 is 0 Å². The summed E-state index contributed by atoms with van der Waals surface area (Å²) < 4.78 is 30.0. The number of hydrogen-bond acceptors (Lipinski definition) is 0. The Hall–Kier alpha value is 3.41. The van der Waals surface area contributed by atoms with E-state index in [0.29, 0.717) is 0 Å². The Morgan fingerprint density at radius 3 is 0.386 bits per heavy atom. The van der Waals surface area contributed by atoms with E-state index in [9.17, 15) is 0 Å². The van der Waals surface area contributed by atoms with Crippen molar-refractivity contribution in [3.63, 3.8) is 0 Å². The second-order valence-corrected chi connectivity index (χ2v) is 89.3. The van der Waals surface area contributed by atoms with Gasteiger partial charge in [-0.3, -0.25) is 0 Å². The molecule has 0 aromatic carbocycles. The predicted molar refractivity (Wildman–Crippen MR) is 285 cm³/mol. The van der Waals surface area contributed by atoms with Crippen LogP contribution in [0, 0.1) is 0 Å². The summed E-state index contributed by atoms with van der Waals surface area (Å²) in [5, 5.41) is 0. The molecule has 0 heterocycles. The Balaban J connectivity index is 8.83. The number of unbranched alkanes of at least 4 members (excludes halogenated alkanes) is 12. The van der Waals surface area contributed by atoms with Gasteiger partial charge in [0.1, 0.15) is 0 Å².